The fraction of sp³-hybridized carbons (Fsp3) is 0.176. The number of rotatable bonds is 5. The highest BCUT2D eigenvalue weighted by Gasteiger charge is 2.12. The zero-order valence-electron chi connectivity index (χ0n) is 12.4. The number of carboxylic acids is 1. The predicted octanol–water partition coefficient (Wildman–Crippen LogP) is 3.49. The minimum Gasteiger partial charge on any atom is -0.478 e. The summed E-state index contributed by atoms with van der Waals surface area (Å²) in [6, 6.07) is 10.9. The van der Waals surface area contributed by atoms with Crippen molar-refractivity contribution in [1.82, 2.24) is 4.90 Å². The Kier molecular flexibility index (Phi) is 5.50. The summed E-state index contributed by atoms with van der Waals surface area (Å²) in [4.78, 5) is 24.7. The molecule has 0 aromatic heterocycles. The highest BCUT2D eigenvalue weighted by atomic mass is 79.9. The molecule has 0 saturated carbocycles. The number of aromatic carboxylic acids is 1. The van der Waals surface area contributed by atoms with Gasteiger partial charge >= 0.3 is 5.97 Å². The van der Waals surface area contributed by atoms with Crippen molar-refractivity contribution in [1.29, 1.82) is 0 Å². The first-order chi connectivity index (χ1) is 10.9. The highest BCUT2D eigenvalue weighted by molar-refractivity contribution is 9.10. The van der Waals surface area contributed by atoms with Gasteiger partial charge in [0, 0.05) is 13.6 Å². The van der Waals surface area contributed by atoms with Crippen LogP contribution in [0.4, 0.5) is 4.39 Å². The first kappa shape index (κ1) is 17.1. The van der Waals surface area contributed by atoms with E-state index in [-0.39, 0.29) is 23.7 Å². The molecule has 0 spiro atoms. The average Bonchev–Trinajstić information content (AvgIpc) is 2.51. The summed E-state index contributed by atoms with van der Waals surface area (Å²) in [7, 11) is 1.65. The molecule has 6 heteroatoms. The van der Waals surface area contributed by atoms with Crippen molar-refractivity contribution in [3.8, 4) is 0 Å². The van der Waals surface area contributed by atoms with Crippen LogP contribution in [-0.4, -0.2) is 28.9 Å². The van der Waals surface area contributed by atoms with Crippen LogP contribution >= 0.6 is 15.9 Å². The third-order valence-corrected chi connectivity index (χ3v) is 3.97. The summed E-state index contributed by atoms with van der Waals surface area (Å²) < 4.78 is 13.6. The summed E-state index contributed by atoms with van der Waals surface area (Å²) >= 11 is 3.11. The maximum atomic E-state index is 13.2. The zero-order valence-corrected chi connectivity index (χ0v) is 14.0. The quantitative estimate of drug-likeness (QED) is 0.864. The van der Waals surface area contributed by atoms with E-state index in [2.05, 4.69) is 15.9 Å². The van der Waals surface area contributed by atoms with Crippen molar-refractivity contribution >= 4 is 27.8 Å². The lowest BCUT2D eigenvalue weighted by molar-refractivity contribution is -0.129. The van der Waals surface area contributed by atoms with Gasteiger partial charge in [-0.05, 0) is 51.3 Å². The first-order valence-corrected chi connectivity index (χ1v) is 7.66. The number of carbonyl (C=O) groups is 2. The first-order valence-electron chi connectivity index (χ1n) is 6.87. The van der Waals surface area contributed by atoms with E-state index in [0.717, 1.165) is 5.56 Å². The molecule has 0 heterocycles. The third-order valence-electron chi connectivity index (χ3n) is 3.36. The molecule has 0 bridgehead atoms. The number of benzene rings is 2. The van der Waals surface area contributed by atoms with E-state index in [1.54, 1.807) is 31.3 Å². The largest absolute Gasteiger partial charge is 0.478 e. The van der Waals surface area contributed by atoms with Crippen molar-refractivity contribution in [3.63, 3.8) is 0 Å². The van der Waals surface area contributed by atoms with Gasteiger partial charge in [0.25, 0.3) is 0 Å². The van der Waals surface area contributed by atoms with Crippen LogP contribution in [0.3, 0.4) is 0 Å². The molecule has 120 valence electrons. The van der Waals surface area contributed by atoms with Gasteiger partial charge in [-0.3, -0.25) is 4.79 Å². The Bertz CT molecular complexity index is 748. The fourth-order valence-electron chi connectivity index (χ4n) is 2.12. The van der Waals surface area contributed by atoms with E-state index < -0.39 is 5.97 Å². The van der Waals surface area contributed by atoms with E-state index >= 15 is 0 Å². The minimum absolute atomic E-state index is 0.111. The predicted molar refractivity (Wildman–Crippen MR) is 87.7 cm³/mol. The summed E-state index contributed by atoms with van der Waals surface area (Å²) in [6.45, 7) is 0.344. The van der Waals surface area contributed by atoms with Gasteiger partial charge < -0.3 is 10.0 Å². The summed E-state index contributed by atoms with van der Waals surface area (Å²) in [5.74, 6) is -1.52. The number of carbonyl (C=O) groups excluding carboxylic acids is 1. The molecule has 2 rings (SSSR count). The second kappa shape index (κ2) is 7.37. The third kappa shape index (κ3) is 4.63. The summed E-state index contributed by atoms with van der Waals surface area (Å²) in [5.41, 5.74) is 1.59. The SMILES string of the molecule is CN(Cc1ccc(F)c(Br)c1)C(=O)Cc1cccc(C(=O)O)c1. The van der Waals surface area contributed by atoms with Crippen molar-refractivity contribution in [2.24, 2.45) is 0 Å². The molecular weight excluding hydrogens is 365 g/mol. The molecule has 0 aliphatic heterocycles. The number of halogens is 2. The monoisotopic (exact) mass is 379 g/mol. The van der Waals surface area contributed by atoms with Gasteiger partial charge in [0.1, 0.15) is 5.82 Å². The molecule has 2 aromatic rings. The molecular formula is C17H15BrFNO3. The number of hydrogen-bond donors (Lipinski definition) is 1. The van der Waals surface area contributed by atoms with Crippen molar-refractivity contribution in [3.05, 3.63) is 69.4 Å². The fourth-order valence-corrected chi connectivity index (χ4v) is 2.55. The van der Waals surface area contributed by atoms with Crippen molar-refractivity contribution in [2.45, 2.75) is 13.0 Å². The lowest BCUT2D eigenvalue weighted by atomic mass is 10.1. The Hall–Kier alpha value is -2.21. The Morgan fingerprint density at radius 3 is 2.57 bits per heavy atom. The van der Waals surface area contributed by atoms with Crippen LogP contribution in [0.2, 0.25) is 0 Å². The summed E-state index contributed by atoms with van der Waals surface area (Å²) in [5, 5.41) is 8.97. The standard InChI is InChI=1S/C17H15BrFNO3/c1-20(10-12-5-6-15(19)14(18)8-12)16(21)9-11-3-2-4-13(7-11)17(22)23/h2-8H,9-10H2,1H3,(H,22,23). The van der Waals surface area contributed by atoms with E-state index in [9.17, 15) is 14.0 Å². The molecule has 4 nitrogen and oxygen atoms in total. The Morgan fingerprint density at radius 2 is 1.91 bits per heavy atom. The molecule has 0 atom stereocenters. The molecule has 0 fully saturated rings. The molecule has 0 aliphatic carbocycles. The molecule has 0 saturated heterocycles. The van der Waals surface area contributed by atoms with Crippen LogP contribution in [0, 0.1) is 5.82 Å². The van der Waals surface area contributed by atoms with E-state index in [0.29, 0.717) is 16.6 Å². The van der Waals surface area contributed by atoms with Gasteiger partial charge in [0.05, 0.1) is 16.5 Å². The van der Waals surface area contributed by atoms with Crippen molar-refractivity contribution < 1.29 is 19.1 Å². The molecule has 1 N–H and O–H groups in total. The van der Waals surface area contributed by atoms with E-state index in [4.69, 9.17) is 5.11 Å². The molecule has 1 amide bonds. The Balaban J connectivity index is 2.03. The molecule has 0 aliphatic rings. The Labute approximate surface area is 141 Å². The van der Waals surface area contributed by atoms with Gasteiger partial charge in [-0.15, -0.1) is 0 Å². The zero-order chi connectivity index (χ0) is 17.0. The second-order valence-electron chi connectivity index (χ2n) is 5.18. The maximum Gasteiger partial charge on any atom is 0.335 e. The number of nitrogens with zero attached hydrogens (tertiary/aromatic N) is 1. The Morgan fingerprint density at radius 1 is 1.17 bits per heavy atom. The highest BCUT2D eigenvalue weighted by Crippen LogP contribution is 2.18. The summed E-state index contributed by atoms with van der Waals surface area (Å²) in [6.07, 6.45) is 0.111. The van der Waals surface area contributed by atoms with E-state index in [1.807, 2.05) is 0 Å². The van der Waals surface area contributed by atoms with Crippen LogP contribution in [0.25, 0.3) is 0 Å². The lowest BCUT2D eigenvalue weighted by Crippen LogP contribution is -2.27. The number of carboxylic acid groups (broad SMARTS) is 1. The van der Waals surface area contributed by atoms with Crippen LogP contribution in [0.15, 0.2) is 46.9 Å². The lowest BCUT2D eigenvalue weighted by Gasteiger charge is -2.17. The van der Waals surface area contributed by atoms with Crippen LogP contribution in [-0.2, 0) is 17.8 Å². The normalized spacial score (nSPS) is 10.4. The van der Waals surface area contributed by atoms with E-state index in [1.165, 1.54) is 23.1 Å². The number of likely N-dealkylation sites (N-methyl/N-ethyl adjacent to an activating group) is 1. The topological polar surface area (TPSA) is 57.6 Å². The van der Waals surface area contributed by atoms with Crippen molar-refractivity contribution in [2.75, 3.05) is 7.05 Å². The molecule has 0 radical (unpaired) electrons. The van der Waals surface area contributed by atoms with Crippen LogP contribution in [0.1, 0.15) is 21.5 Å². The smallest absolute Gasteiger partial charge is 0.335 e. The van der Waals surface area contributed by atoms with Gasteiger partial charge in [0.15, 0.2) is 0 Å². The van der Waals surface area contributed by atoms with Gasteiger partial charge in [-0.1, -0.05) is 18.2 Å². The maximum absolute atomic E-state index is 13.2. The number of amides is 1. The minimum atomic E-state index is -1.02. The van der Waals surface area contributed by atoms with Gasteiger partial charge in [0.2, 0.25) is 5.91 Å². The molecule has 0 unspecified atom stereocenters. The second-order valence-corrected chi connectivity index (χ2v) is 6.03. The molecule has 23 heavy (non-hydrogen) atoms. The number of hydrogen-bond acceptors (Lipinski definition) is 2. The average molecular weight is 380 g/mol. The van der Waals surface area contributed by atoms with Gasteiger partial charge in [-0.25, -0.2) is 9.18 Å². The van der Waals surface area contributed by atoms with Crippen LogP contribution in [0.5, 0.6) is 0 Å². The van der Waals surface area contributed by atoms with Gasteiger partial charge in [-0.2, -0.15) is 0 Å². The van der Waals surface area contributed by atoms with Crippen LogP contribution < -0.4 is 0 Å². The molecule has 2 aromatic carbocycles.